The Morgan fingerprint density at radius 3 is 2.77 bits per heavy atom. The molecular formula is C32H40N6O4S. The molecule has 1 saturated heterocycles. The smallest absolute Gasteiger partial charge is 0.303 e. The van der Waals surface area contributed by atoms with E-state index < -0.39 is 12.1 Å². The zero-order valence-corrected chi connectivity index (χ0v) is 26.2. The molecule has 11 heteroatoms. The lowest BCUT2D eigenvalue weighted by Crippen LogP contribution is -2.44. The molecule has 228 valence electrons. The maximum absolute atomic E-state index is 13.6. The van der Waals surface area contributed by atoms with Gasteiger partial charge in [0.25, 0.3) is 5.91 Å². The number of aryl methyl sites for hydroxylation is 2. The average molecular weight is 605 g/mol. The van der Waals surface area contributed by atoms with Gasteiger partial charge in [-0.2, -0.15) is 0 Å². The third kappa shape index (κ3) is 7.15. The summed E-state index contributed by atoms with van der Waals surface area (Å²) in [6.45, 7) is 6.90. The summed E-state index contributed by atoms with van der Waals surface area (Å²) in [7, 11) is 3.96. The number of likely N-dealkylation sites (tertiary alicyclic amines) is 1. The number of anilines is 1. The van der Waals surface area contributed by atoms with Crippen molar-refractivity contribution in [1.29, 1.82) is 0 Å². The molecule has 10 nitrogen and oxygen atoms in total. The number of aromatic nitrogens is 2. The molecule has 0 aliphatic carbocycles. The number of amides is 2. The van der Waals surface area contributed by atoms with Crippen molar-refractivity contribution < 1.29 is 19.1 Å². The van der Waals surface area contributed by atoms with Crippen LogP contribution in [-0.2, 0) is 25.7 Å². The number of carbonyl (C=O) groups excluding carboxylic acids is 3. The fourth-order valence-corrected chi connectivity index (χ4v) is 6.61. The molecule has 1 fully saturated rings. The number of benzene rings is 2. The van der Waals surface area contributed by atoms with Crippen LogP contribution < -0.4 is 15.5 Å². The van der Waals surface area contributed by atoms with Gasteiger partial charge in [0.2, 0.25) is 5.91 Å². The van der Waals surface area contributed by atoms with Crippen molar-refractivity contribution in [2.24, 2.45) is 0 Å². The SMILES string of the molecule is CC(=O)O[C@H](CC(=O)NCC1NC(Cn2c(C)nc3ccc(C)cc32)=CS1)C(=O)N1CCCC1c1cccc(N(C)C)c1. The summed E-state index contributed by atoms with van der Waals surface area (Å²) in [6, 6.07) is 14.2. The number of allylic oxidation sites excluding steroid dienone is 1. The Morgan fingerprint density at radius 1 is 1.19 bits per heavy atom. The van der Waals surface area contributed by atoms with E-state index in [1.807, 2.05) is 50.2 Å². The number of ether oxygens (including phenoxy) is 1. The second-order valence-corrected chi connectivity index (χ2v) is 12.5. The lowest BCUT2D eigenvalue weighted by molar-refractivity contribution is -0.160. The molecule has 2 aliphatic rings. The average Bonchev–Trinajstić information content (AvgIpc) is 3.71. The normalized spacial score (nSPS) is 18.7. The highest BCUT2D eigenvalue weighted by Crippen LogP contribution is 2.34. The van der Waals surface area contributed by atoms with Gasteiger partial charge in [-0.1, -0.05) is 18.2 Å². The van der Waals surface area contributed by atoms with Gasteiger partial charge < -0.3 is 29.7 Å². The Balaban J connectivity index is 1.17. The van der Waals surface area contributed by atoms with Gasteiger partial charge >= 0.3 is 5.97 Å². The van der Waals surface area contributed by atoms with Crippen molar-refractivity contribution >= 4 is 46.3 Å². The van der Waals surface area contributed by atoms with Crippen LogP contribution in [0.15, 0.2) is 53.6 Å². The van der Waals surface area contributed by atoms with Crippen LogP contribution in [-0.4, -0.2) is 70.9 Å². The number of esters is 1. The molecule has 2 N–H and O–H groups in total. The number of nitrogens with one attached hydrogen (secondary N) is 2. The molecule has 5 rings (SSSR count). The van der Waals surface area contributed by atoms with Gasteiger partial charge in [0.1, 0.15) is 5.82 Å². The minimum atomic E-state index is -1.17. The summed E-state index contributed by atoms with van der Waals surface area (Å²) in [4.78, 5) is 47.0. The van der Waals surface area contributed by atoms with E-state index in [0.29, 0.717) is 19.6 Å². The first-order valence-electron chi connectivity index (χ1n) is 14.6. The maximum Gasteiger partial charge on any atom is 0.303 e. The van der Waals surface area contributed by atoms with E-state index in [2.05, 4.69) is 50.7 Å². The highest BCUT2D eigenvalue weighted by Gasteiger charge is 2.37. The lowest BCUT2D eigenvalue weighted by atomic mass is 10.0. The fourth-order valence-electron chi connectivity index (χ4n) is 5.74. The van der Waals surface area contributed by atoms with Gasteiger partial charge in [0.05, 0.1) is 35.4 Å². The first-order valence-corrected chi connectivity index (χ1v) is 15.6. The van der Waals surface area contributed by atoms with Crippen LogP contribution in [0.25, 0.3) is 11.0 Å². The molecule has 0 spiro atoms. The summed E-state index contributed by atoms with van der Waals surface area (Å²) in [5, 5.41) is 8.42. The molecule has 3 heterocycles. The van der Waals surface area contributed by atoms with E-state index in [0.717, 1.165) is 46.6 Å². The van der Waals surface area contributed by atoms with E-state index in [4.69, 9.17) is 4.74 Å². The van der Waals surface area contributed by atoms with Crippen LogP contribution in [0.1, 0.15) is 49.2 Å². The second-order valence-electron chi connectivity index (χ2n) is 11.4. The minimum Gasteiger partial charge on any atom is -0.452 e. The van der Waals surface area contributed by atoms with Crippen LogP contribution in [0.5, 0.6) is 0 Å². The molecule has 2 aromatic carbocycles. The van der Waals surface area contributed by atoms with E-state index >= 15 is 0 Å². The number of carbonyl (C=O) groups is 3. The first kappa shape index (κ1) is 30.5. The van der Waals surface area contributed by atoms with Crippen LogP contribution in [0, 0.1) is 13.8 Å². The van der Waals surface area contributed by atoms with Gasteiger partial charge in [0, 0.05) is 45.5 Å². The Hall–Kier alpha value is -3.99. The monoisotopic (exact) mass is 604 g/mol. The van der Waals surface area contributed by atoms with Crippen LogP contribution in [0.2, 0.25) is 0 Å². The molecule has 2 unspecified atom stereocenters. The maximum atomic E-state index is 13.6. The predicted octanol–water partition coefficient (Wildman–Crippen LogP) is 4.02. The highest BCUT2D eigenvalue weighted by molar-refractivity contribution is 8.03. The van der Waals surface area contributed by atoms with Crippen LogP contribution in [0.4, 0.5) is 5.69 Å². The highest BCUT2D eigenvalue weighted by atomic mass is 32.2. The van der Waals surface area contributed by atoms with E-state index in [1.54, 1.807) is 16.7 Å². The number of thioether (sulfide) groups is 1. The van der Waals surface area contributed by atoms with Gasteiger partial charge in [-0.3, -0.25) is 14.4 Å². The van der Waals surface area contributed by atoms with E-state index in [9.17, 15) is 14.4 Å². The molecule has 0 radical (unpaired) electrons. The number of nitrogens with zero attached hydrogens (tertiary/aromatic N) is 4. The number of rotatable bonds is 10. The number of hydrogen-bond donors (Lipinski definition) is 2. The van der Waals surface area contributed by atoms with Crippen molar-refractivity contribution in [2.45, 2.75) is 64.1 Å². The predicted molar refractivity (Wildman–Crippen MR) is 169 cm³/mol. The molecule has 3 aromatic rings. The van der Waals surface area contributed by atoms with E-state index in [-0.39, 0.29) is 29.7 Å². The fraction of sp³-hybridized carbons (Fsp3) is 0.438. The van der Waals surface area contributed by atoms with Crippen molar-refractivity contribution in [3.63, 3.8) is 0 Å². The van der Waals surface area contributed by atoms with Crippen molar-refractivity contribution in [2.75, 3.05) is 32.1 Å². The molecule has 3 atom stereocenters. The van der Waals surface area contributed by atoms with Crippen molar-refractivity contribution in [3.8, 4) is 0 Å². The molecule has 0 saturated carbocycles. The summed E-state index contributed by atoms with van der Waals surface area (Å²) < 4.78 is 7.59. The van der Waals surface area contributed by atoms with Gasteiger partial charge in [-0.05, 0) is 67.5 Å². The molecule has 2 aliphatic heterocycles. The molecule has 43 heavy (non-hydrogen) atoms. The number of fused-ring (bicyclic) bond motifs is 1. The standard InChI is InChI=1S/C32H40N6O4S/c1-20-11-12-26-28(14-20)38(21(2)34-26)18-24-19-43-31(35-24)17-33-30(40)16-29(42-22(3)39)32(41)37-13-7-10-27(37)23-8-6-9-25(15-23)36(4)5/h6,8-9,11-12,14-15,19,27,29,31,35H,7,10,13,16-18H2,1-5H3,(H,33,40)/t27?,29-,31?/m1/s1. The Bertz CT molecular complexity index is 1550. The lowest BCUT2D eigenvalue weighted by Gasteiger charge is -2.29. The summed E-state index contributed by atoms with van der Waals surface area (Å²) in [5.41, 5.74) is 6.36. The van der Waals surface area contributed by atoms with E-state index in [1.165, 1.54) is 12.5 Å². The quantitative estimate of drug-likeness (QED) is 0.334. The third-order valence-corrected chi connectivity index (χ3v) is 8.92. The first-order chi connectivity index (χ1) is 20.6. The van der Waals surface area contributed by atoms with Gasteiger partial charge in [-0.25, -0.2) is 4.98 Å². The number of imidazole rings is 1. The third-order valence-electron chi connectivity index (χ3n) is 7.89. The summed E-state index contributed by atoms with van der Waals surface area (Å²) >= 11 is 1.60. The van der Waals surface area contributed by atoms with Crippen LogP contribution >= 0.6 is 11.8 Å². The van der Waals surface area contributed by atoms with Crippen molar-refractivity contribution in [3.05, 3.63) is 70.5 Å². The Morgan fingerprint density at radius 2 is 2.00 bits per heavy atom. The largest absolute Gasteiger partial charge is 0.452 e. The Labute approximate surface area is 256 Å². The topological polar surface area (TPSA) is 109 Å². The second kappa shape index (κ2) is 13.1. The van der Waals surface area contributed by atoms with Gasteiger partial charge in [-0.15, -0.1) is 11.8 Å². The van der Waals surface area contributed by atoms with Gasteiger partial charge in [0.15, 0.2) is 6.10 Å². The molecular weight excluding hydrogens is 564 g/mol. The van der Waals surface area contributed by atoms with Crippen LogP contribution in [0.3, 0.4) is 0 Å². The summed E-state index contributed by atoms with van der Waals surface area (Å²) in [6.07, 6.45) is 0.260. The minimum absolute atomic E-state index is 0.0504. The summed E-state index contributed by atoms with van der Waals surface area (Å²) in [5.74, 6) is -0.320. The Kier molecular flexibility index (Phi) is 9.29. The molecule has 1 aromatic heterocycles. The zero-order valence-electron chi connectivity index (χ0n) is 25.4. The number of hydrogen-bond acceptors (Lipinski definition) is 8. The molecule has 0 bridgehead atoms. The zero-order chi connectivity index (χ0) is 30.7. The van der Waals surface area contributed by atoms with Crippen molar-refractivity contribution in [1.82, 2.24) is 25.1 Å². The molecule has 2 amide bonds.